The SMILES string of the molecule is CNC(=O)c1cccc(CN(CCN)CCc2ccccc2)c1. The van der Waals surface area contributed by atoms with Crippen LogP contribution in [0.3, 0.4) is 0 Å². The van der Waals surface area contributed by atoms with E-state index in [0.29, 0.717) is 12.1 Å². The van der Waals surface area contributed by atoms with Gasteiger partial charge in [-0.05, 0) is 29.7 Å². The molecule has 4 heteroatoms. The van der Waals surface area contributed by atoms with Gasteiger partial charge in [-0.3, -0.25) is 9.69 Å². The summed E-state index contributed by atoms with van der Waals surface area (Å²) in [5, 5.41) is 2.66. The van der Waals surface area contributed by atoms with Crippen LogP contribution in [-0.4, -0.2) is 37.5 Å². The Balaban J connectivity index is 1.99. The molecule has 0 aliphatic carbocycles. The van der Waals surface area contributed by atoms with Crippen molar-refractivity contribution in [2.75, 3.05) is 26.7 Å². The molecular formula is C19H25N3O. The van der Waals surface area contributed by atoms with Crippen LogP contribution >= 0.6 is 0 Å². The maximum Gasteiger partial charge on any atom is 0.251 e. The predicted octanol–water partition coefficient (Wildman–Crippen LogP) is 2.05. The molecule has 4 nitrogen and oxygen atoms in total. The number of benzene rings is 2. The van der Waals surface area contributed by atoms with Gasteiger partial charge < -0.3 is 11.1 Å². The third-order valence-corrected chi connectivity index (χ3v) is 3.83. The Labute approximate surface area is 138 Å². The number of nitrogens with one attached hydrogen (secondary N) is 1. The Bertz CT molecular complexity index is 613. The number of rotatable bonds is 8. The number of hydrogen-bond acceptors (Lipinski definition) is 3. The zero-order chi connectivity index (χ0) is 16.5. The lowest BCUT2D eigenvalue weighted by Crippen LogP contribution is -2.31. The quantitative estimate of drug-likeness (QED) is 0.784. The summed E-state index contributed by atoms with van der Waals surface area (Å²) in [5.41, 5.74) is 8.90. The highest BCUT2D eigenvalue weighted by molar-refractivity contribution is 5.94. The molecule has 1 amide bonds. The molecule has 0 spiro atoms. The fourth-order valence-corrected chi connectivity index (χ4v) is 2.60. The molecule has 2 rings (SSSR count). The van der Waals surface area contributed by atoms with E-state index in [2.05, 4.69) is 40.5 Å². The van der Waals surface area contributed by atoms with Gasteiger partial charge in [-0.25, -0.2) is 0 Å². The molecule has 0 fully saturated rings. The Kier molecular flexibility index (Phi) is 6.78. The first-order chi connectivity index (χ1) is 11.2. The van der Waals surface area contributed by atoms with E-state index in [9.17, 15) is 4.79 Å². The molecule has 0 unspecified atom stereocenters. The Hall–Kier alpha value is -2.17. The normalized spacial score (nSPS) is 10.7. The lowest BCUT2D eigenvalue weighted by molar-refractivity contribution is 0.0963. The van der Waals surface area contributed by atoms with Crippen LogP contribution in [0.15, 0.2) is 54.6 Å². The average Bonchev–Trinajstić information content (AvgIpc) is 2.60. The fourth-order valence-electron chi connectivity index (χ4n) is 2.60. The van der Waals surface area contributed by atoms with Crippen LogP contribution in [-0.2, 0) is 13.0 Å². The number of carbonyl (C=O) groups excluding carboxylic acids is 1. The van der Waals surface area contributed by atoms with E-state index < -0.39 is 0 Å². The van der Waals surface area contributed by atoms with Crippen molar-refractivity contribution in [1.29, 1.82) is 0 Å². The summed E-state index contributed by atoms with van der Waals surface area (Å²) >= 11 is 0. The fraction of sp³-hybridized carbons (Fsp3) is 0.316. The number of amides is 1. The minimum atomic E-state index is -0.0542. The molecular weight excluding hydrogens is 286 g/mol. The van der Waals surface area contributed by atoms with Crippen LogP contribution in [0.2, 0.25) is 0 Å². The zero-order valence-corrected chi connectivity index (χ0v) is 13.7. The summed E-state index contributed by atoms with van der Waals surface area (Å²) in [6.07, 6.45) is 0.996. The molecule has 0 heterocycles. The molecule has 0 atom stereocenters. The average molecular weight is 311 g/mol. The minimum absolute atomic E-state index is 0.0542. The van der Waals surface area contributed by atoms with E-state index in [0.717, 1.165) is 31.6 Å². The van der Waals surface area contributed by atoms with E-state index in [4.69, 9.17) is 5.73 Å². The van der Waals surface area contributed by atoms with E-state index in [1.54, 1.807) is 7.05 Å². The van der Waals surface area contributed by atoms with Gasteiger partial charge in [-0.1, -0.05) is 42.5 Å². The highest BCUT2D eigenvalue weighted by Gasteiger charge is 2.08. The second-order valence-electron chi connectivity index (χ2n) is 5.58. The lowest BCUT2D eigenvalue weighted by Gasteiger charge is -2.22. The van der Waals surface area contributed by atoms with Gasteiger partial charge in [-0.15, -0.1) is 0 Å². The van der Waals surface area contributed by atoms with Gasteiger partial charge in [-0.2, -0.15) is 0 Å². The monoisotopic (exact) mass is 311 g/mol. The van der Waals surface area contributed by atoms with Crippen LogP contribution in [0.5, 0.6) is 0 Å². The van der Waals surface area contributed by atoms with Gasteiger partial charge in [0.2, 0.25) is 0 Å². The molecule has 0 radical (unpaired) electrons. The Morgan fingerprint density at radius 2 is 1.78 bits per heavy atom. The maximum atomic E-state index is 11.7. The Morgan fingerprint density at radius 1 is 1.04 bits per heavy atom. The molecule has 0 bridgehead atoms. The second kappa shape index (κ2) is 9.08. The smallest absolute Gasteiger partial charge is 0.251 e. The van der Waals surface area contributed by atoms with Crippen molar-refractivity contribution < 1.29 is 4.79 Å². The summed E-state index contributed by atoms with van der Waals surface area (Å²) in [7, 11) is 1.65. The second-order valence-corrected chi connectivity index (χ2v) is 5.58. The van der Waals surface area contributed by atoms with Crippen molar-refractivity contribution in [1.82, 2.24) is 10.2 Å². The van der Waals surface area contributed by atoms with Gasteiger partial charge in [0.15, 0.2) is 0 Å². The van der Waals surface area contributed by atoms with Crippen molar-refractivity contribution >= 4 is 5.91 Å². The summed E-state index contributed by atoms with van der Waals surface area (Å²) in [6, 6.07) is 18.2. The summed E-state index contributed by atoms with van der Waals surface area (Å²) < 4.78 is 0. The number of nitrogens with zero attached hydrogens (tertiary/aromatic N) is 1. The van der Waals surface area contributed by atoms with Crippen LogP contribution in [0, 0.1) is 0 Å². The molecule has 0 aliphatic heterocycles. The van der Waals surface area contributed by atoms with Crippen LogP contribution in [0.25, 0.3) is 0 Å². The lowest BCUT2D eigenvalue weighted by atomic mass is 10.1. The van der Waals surface area contributed by atoms with Crippen molar-refractivity contribution in [2.45, 2.75) is 13.0 Å². The number of nitrogens with two attached hydrogens (primary N) is 1. The zero-order valence-electron chi connectivity index (χ0n) is 13.7. The standard InChI is InChI=1S/C19H25N3O/c1-21-19(23)18-9-5-8-17(14-18)15-22(13-11-20)12-10-16-6-3-2-4-7-16/h2-9,14H,10-13,15,20H2,1H3,(H,21,23). The van der Waals surface area contributed by atoms with Crippen molar-refractivity contribution in [3.8, 4) is 0 Å². The number of carbonyl (C=O) groups is 1. The van der Waals surface area contributed by atoms with Crippen molar-refractivity contribution in [3.05, 3.63) is 71.3 Å². The molecule has 122 valence electrons. The highest BCUT2D eigenvalue weighted by atomic mass is 16.1. The molecule has 0 aromatic heterocycles. The van der Waals surface area contributed by atoms with Crippen LogP contribution < -0.4 is 11.1 Å². The van der Waals surface area contributed by atoms with E-state index >= 15 is 0 Å². The first-order valence-electron chi connectivity index (χ1n) is 8.00. The molecule has 0 saturated heterocycles. The van der Waals surface area contributed by atoms with E-state index in [1.165, 1.54) is 5.56 Å². The molecule has 3 N–H and O–H groups in total. The topological polar surface area (TPSA) is 58.4 Å². The first kappa shape index (κ1) is 17.2. The molecule has 23 heavy (non-hydrogen) atoms. The largest absolute Gasteiger partial charge is 0.355 e. The van der Waals surface area contributed by atoms with Gasteiger partial charge in [0.25, 0.3) is 5.91 Å². The highest BCUT2D eigenvalue weighted by Crippen LogP contribution is 2.10. The predicted molar refractivity (Wildman–Crippen MR) is 94.3 cm³/mol. The van der Waals surface area contributed by atoms with Crippen molar-refractivity contribution in [2.24, 2.45) is 5.73 Å². The van der Waals surface area contributed by atoms with Gasteiger partial charge in [0, 0.05) is 38.8 Å². The van der Waals surface area contributed by atoms with Crippen LogP contribution in [0.1, 0.15) is 21.5 Å². The minimum Gasteiger partial charge on any atom is -0.355 e. The number of hydrogen-bond donors (Lipinski definition) is 2. The van der Waals surface area contributed by atoms with Gasteiger partial charge in [0.1, 0.15) is 0 Å². The molecule has 2 aromatic carbocycles. The third-order valence-electron chi connectivity index (χ3n) is 3.83. The van der Waals surface area contributed by atoms with Gasteiger partial charge in [0.05, 0.1) is 0 Å². The molecule has 2 aromatic rings. The van der Waals surface area contributed by atoms with E-state index in [1.807, 2.05) is 24.3 Å². The summed E-state index contributed by atoms with van der Waals surface area (Å²) in [5.74, 6) is -0.0542. The summed E-state index contributed by atoms with van der Waals surface area (Å²) in [4.78, 5) is 14.1. The van der Waals surface area contributed by atoms with Crippen molar-refractivity contribution in [3.63, 3.8) is 0 Å². The summed E-state index contributed by atoms with van der Waals surface area (Å²) in [6.45, 7) is 3.22. The van der Waals surface area contributed by atoms with E-state index in [-0.39, 0.29) is 5.91 Å². The Morgan fingerprint density at radius 3 is 2.48 bits per heavy atom. The molecule has 0 saturated carbocycles. The maximum absolute atomic E-state index is 11.7. The molecule has 0 aliphatic rings. The third kappa shape index (κ3) is 5.51. The first-order valence-corrected chi connectivity index (χ1v) is 8.00. The van der Waals surface area contributed by atoms with Gasteiger partial charge >= 0.3 is 0 Å². The van der Waals surface area contributed by atoms with Crippen LogP contribution in [0.4, 0.5) is 0 Å².